The van der Waals surface area contributed by atoms with Crippen molar-refractivity contribution in [1.29, 1.82) is 0 Å². The van der Waals surface area contributed by atoms with Gasteiger partial charge in [-0.05, 0) is 94.9 Å². The number of hydrogen-bond acceptors (Lipinski definition) is 5. The third-order valence-electron chi connectivity index (χ3n) is 6.32. The van der Waals surface area contributed by atoms with Crippen LogP contribution in [0.2, 0.25) is 0 Å². The summed E-state index contributed by atoms with van der Waals surface area (Å²) in [4.78, 5) is 14.4. The van der Waals surface area contributed by atoms with Crippen molar-refractivity contribution in [2.24, 2.45) is 11.3 Å². The molecule has 0 radical (unpaired) electrons. The maximum atomic E-state index is 12.2. The Morgan fingerprint density at radius 3 is 2.30 bits per heavy atom. The van der Waals surface area contributed by atoms with Gasteiger partial charge in [-0.3, -0.25) is 0 Å². The van der Waals surface area contributed by atoms with Crippen molar-refractivity contribution in [2.75, 3.05) is 31.2 Å². The summed E-state index contributed by atoms with van der Waals surface area (Å²) < 4.78 is 28.5. The van der Waals surface area contributed by atoms with Gasteiger partial charge in [0.2, 0.25) is 0 Å². The minimum Gasteiger partial charge on any atom is -0.444 e. The number of anilines is 1. The van der Waals surface area contributed by atoms with Gasteiger partial charge in [0.25, 0.3) is 0 Å². The summed E-state index contributed by atoms with van der Waals surface area (Å²) in [5.74, 6) is 0.785. The monoisotopic (exact) mass is 436 g/mol. The zero-order valence-corrected chi connectivity index (χ0v) is 19.6. The van der Waals surface area contributed by atoms with Crippen LogP contribution in [0.15, 0.2) is 29.2 Å². The highest BCUT2D eigenvalue weighted by molar-refractivity contribution is 7.90. The molecule has 6 nitrogen and oxygen atoms in total. The zero-order chi connectivity index (χ0) is 22.0. The number of hydrogen-bond donors (Lipinski definition) is 1. The van der Waals surface area contributed by atoms with Gasteiger partial charge >= 0.3 is 6.09 Å². The van der Waals surface area contributed by atoms with E-state index in [0.29, 0.717) is 10.3 Å². The van der Waals surface area contributed by atoms with Crippen LogP contribution in [0.5, 0.6) is 0 Å². The van der Waals surface area contributed by atoms with Crippen molar-refractivity contribution in [2.45, 2.75) is 69.8 Å². The van der Waals surface area contributed by atoms with Crippen molar-refractivity contribution in [3.63, 3.8) is 0 Å². The van der Waals surface area contributed by atoms with Crippen LogP contribution in [0, 0.1) is 11.3 Å². The van der Waals surface area contributed by atoms with E-state index in [4.69, 9.17) is 4.74 Å². The molecule has 1 N–H and O–H groups in total. The smallest absolute Gasteiger partial charge is 0.410 e. The maximum Gasteiger partial charge on any atom is 0.410 e. The lowest BCUT2D eigenvalue weighted by Gasteiger charge is -2.52. The molecule has 1 amide bonds. The number of ether oxygens (including phenoxy) is 1. The van der Waals surface area contributed by atoms with Gasteiger partial charge in [0, 0.05) is 31.6 Å². The van der Waals surface area contributed by atoms with Crippen LogP contribution < -0.4 is 5.32 Å². The van der Waals surface area contributed by atoms with Crippen LogP contribution >= 0.6 is 0 Å². The van der Waals surface area contributed by atoms with Crippen LogP contribution in [0.1, 0.15) is 59.3 Å². The summed E-state index contributed by atoms with van der Waals surface area (Å²) in [6, 6.07) is 6.95. The molecule has 30 heavy (non-hydrogen) atoms. The molecule has 1 saturated heterocycles. The predicted molar refractivity (Wildman–Crippen MR) is 119 cm³/mol. The molecule has 1 saturated carbocycles. The first-order valence-electron chi connectivity index (χ1n) is 11.0. The Morgan fingerprint density at radius 2 is 1.77 bits per heavy atom. The first kappa shape index (κ1) is 22.9. The normalized spacial score (nSPS) is 19.4. The van der Waals surface area contributed by atoms with E-state index in [1.807, 2.05) is 37.8 Å². The highest BCUT2D eigenvalue weighted by Crippen LogP contribution is 2.54. The number of carbonyl (C=O) groups excluding carboxylic acids is 1. The Kier molecular flexibility index (Phi) is 6.70. The van der Waals surface area contributed by atoms with E-state index < -0.39 is 15.4 Å². The quantitative estimate of drug-likeness (QED) is 0.654. The number of likely N-dealkylation sites (tertiary alicyclic amines) is 1. The minimum atomic E-state index is -3.14. The standard InChI is InChI=1S/C23H36N2O4S/c1-22(2,3)29-21(26)25-14-11-23(12-15-25)16-18(17-23)6-5-13-24-19-7-9-20(10-8-19)30(4,27)28/h7-10,18,24H,5-6,11-17H2,1-4H3. The van der Waals surface area contributed by atoms with Gasteiger partial charge in [-0.15, -0.1) is 0 Å². The van der Waals surface area contributed by atoms with Crippen LogP contribution in [0.4, 0.5) is 10.5 Å². The molecule has 0 atom stereocenters. The fourth-order valence-electron chi connectivity index (χ4n) is 4.71. The number of rotatable bonds is 6. The Morgan fingerprint density at radius 1 is 1.17 bits per heavy atom. The molecule has 0 aromatic heterocycles. The number of benzene rings is 1. The van der Waals surface area contributed by atoms with Gasteiger partial charge in [0.1, 0.15) is 5.60 Å². The molecule has 1 aromatic rings. The number of piperidine rings is 1. The van der Waals surface area contributed by atoms with Crippen molar-refractivity contribution in [3.05, 3.63) is 24.3 Å². The largest absolute Gasteiger partial charge is 0.444 e. The summed E-state index contributed by atoms with van der Waals surface area (Å²) in [5, 5.41) is 3.38. The Balaban J connectivity index is 1.32. The Labute approximate surface area is 181 Å². The van der Waals surface area contributed by atoms with Gasteiger partial charge < -0.3 is 15.0 Å². The number of sulfone groups is 1. The average Bonchev–Trinajstić information content (AvgIpc) is 2.62. The SMILES string of the molecule is CC(C)(C)OC(=O)N1CCC2(CC1)CC(CCCNc1ccc(S(C)(=O)=O)cc1)C2. The average molecular weight is 437 g/mol. The Bertz CT molecular complexity index is 827. The molecule has 0 unspecified atom stereocenters. The van der Waals surface area contributed by atoms with Crippen LogP contribution in [0.3, 0.4) is 0 Å². The fraction of sp³-hybridized carbons (Fsp3) is 0.696. The third kappa shape index (κ3) is 6.13. The summed E-state index contributed by atoms with van der Waals surface area (Å²) in [7, 11) is -3.14. The van der Waals surface area contributed by atoms with Crippen molar-refractivity contribution in [3.8, 4) is 0 Å². The summed E-state index contributed by atoms with van der Waals surface area (Å²) in [6.45, 7) is 8.25. The molecule has 2 aliphatic rings. The molecule has 3 rings (SSSR count). The molecule has 1 aromatic carbocycles. The minimum absolute atomic E-state index is 0.177. The van der Waals surface area contributed by atoms with E-state index in [2.05, 4.69) is 5.32 Å². The molecular weight excluding hydrogens is 400 g/mol. The zero-order valence-electron chi connectivity index (χ0n) is 18.7. The second-order valence-corrected chi connectivity index (χ2v) is 12.1. The summed E-state index contributed by atoms with van der Waals surface area (Å²) in [6.07, 6.45) is 8.11. The molecule has 2 fully saturated rings. The lowest BCUT2D eigenvalue weighted by molar-refractivity contribution is -0.0292. The van der Waals surface area contributed by atoms with E-state index >= 15 is 0 Å². The van der Waals surface area contributed by atoms with E-state index in [0.717, 1.165) is 50.5 Å². The number of nitrogens with one attached hydrogen (secondary N) is 1. The Hall–Kier alpha value is -1.76. The van der Waals surface area contributed by atoms with E-state index in [-0.39, 0.29) is 6.09 Å². The molecule has 1 heterocycles. The van der Waals surface area contributed by atoms with Gasteiger partial charge in [-0.25, -0.2) is 13.2 Å². The number of carbonyl (C=O) groups is 1. The van der Waals surface area contributed by atoms with Gasteiger partial charge in [-0.2, -0.15) is 0 Å². The van der Waals surface area contributed by atoms with Crippen LogP contribution in [-0.2, 0) is 14.6 Å². The lowest BCUT2D eigenvalue weighted by atomic mass is 9.56. The van der Waals surface area contributed by atoms with Crippen molar-refractivity contribution in [1.82, 2.24) is 4.90 Å². The molecule has 1 aliphatic carbocycles. The van der Waals surface area contributed by atoms with Gasteiger partial charge in [0.15, 0.2) is 9.84 Å². The highest BCUT2D eigenvalue weighted by atomic mass is 32.2. The van der Waals surface area contributed by atoms with Crippen LogP contribution in [-0.4, -0.2) is 50.9 Å². The first-order valence-corrected chi connectivity index (χ1v) is 12.9. The fourth-order valence-corrected chi connectivity index (χ4v) is 5.34. The predicted octanol–water partition coefficient (Wildman–Crippen LogP) is 4.71. The van der Waals surface area contributed by atoms with Crippen molar-refractivity contribution < 1.29 is 17.9 Å². The van der Waals surface area contributed by atoms with Gasteiger partial charge in [0.05, 0.1) is 4.90 Å². The molecule has 168 valence electrons. The first-order chi connectivity index (χ1) is 14.0. The molecule has 1 spiro atoms. The molecule has 1 aliphatic heterocycles. The third-order valence-corrected chi connectivity index (χ3v) is 7.45. The molecular formula is C23H36N2O4S. The molecule has 0 bridgehead atoms. The highest BCUT2D eigenvalue weighted by Gasteiger charge is 2.46. The molecule has 7 heteroatoms. The van der Waals surface area contributed by atoms with Gasteiger partial charge in [-0.1, -0.05) is 0 Å². The van der Waals surface area contributed by atoms with E-state index in [1.54, 1.807) is 12.1 Å². The second-order valence-electron chi connectivity index (χ2n) is 10.1. The number of amides is 1. The van der Waals surface area contributed by atoms with E-state index in [9.17, 15) is 13.2 Å². The number of nitrogens with zero attached hydrogens (tertiary/aromatic N) is 1. The second kappa shape index (κ2) is 8.77. The maximum absolute atomic E-state index is 12.2. The lowest BCUT2D eigenvalue weighted by Crippen LogP contribution is -2.49. The van der Waals surface area contributed by atoms with E-state index in [1.165, 1.54) is 25.5 Å². The summed E-state index contributed by atoms with van der Waals surface area (Å²) >= 11 is 0. The topological polar surface area (TPSA) is 75.7 Å². The summed E-state index contributed by atoms with van der Waals surface area (Å²) in [5.41, 5.74) is 0.970. The van der Waals surface area contributed by atoms with Crippen LogP contribution in [0.25, 0.3) is 0 Å². The van der Waals surface area contributed by atoms with Crippen molar-refractivity contribution >= 4 is 21.6 Å².